The van der Waals surface area contributed by atoms with E-state index in [0.29, 0.717) is 16.7 Å². The molecule has 0 radical (unpaired) electrons. The van der Waals surface area contributed by atoms with Gasteiger partial charge in [0.2, 0.25) is 5.78 Å². The molecule has 0 saturated heterocycles. The van der Waals surface area contributed by atoms with Crippen LogP contribution >= 0.6 is 0 Å². The summed E-state index contributed by atoms with van der Waals surface area (Å²) in [6.45, 7) is 0. The minimum Gasteiger partial charge on any atom is -0.423 e. The normalized spacial score (nSPS) is 11.9. The summed E-state index contributed by atoms with van der Waals surface area (Å²) in [5, 5.41) is 18.1. The first-order chi connectivity index (χ1) is 10.4. The Bertz CT molecular complexity index is 816. The van der Waals surface area contributed by atoms with Gasteiger partial charge in [-0.05, 0) is 11.5 Å². The average molecular weight is 307 g/mol. The van der Waals surface area contributed by atoms with E-state index in [4.69, 9.17) is 10.0 Å². The quantitative estimate of drug-likeness (QED) is 0.696. The van der Waals surface area contributed by atoms with Gasteiger partial charge >= 0.3 is 13.3 Å². The molecule has 0 atom stereocenters. The molecule has 3 rings (SSSR count). The summed E-state index contributed by atoms with van der Waals surface area (Å²) in [6.07, 6.45) is -1.86. The Hall–Kier alpha value is -2.39. The molecule has 0 saturated carbocycles. The maximum atomic E-state index is 12.6. The summed E-state index contributed by atoms with van der Waals surface area (Å²) in [6, 6.07) is 7.14. The van der Waals surface area contributed by atoms with E-state index < -0.39 is 19.0 Å². The van der Waals surface area contributed by atoms with E-state index in [9.17, 15) is 13.2 Å². The maximum Gasteiger partial charge on any atom is 0.488 e. The zero-order chi connectivity index (χ0) is 15.9. The molecule has 0 fully saturated rings. The van der Waals surface area contributed by atoms with Crippen LogP contribution in [0.2, 0.25) is 0 Å². The number of alkyl halides is 3. The Morgan fingerprint density at radius 3 is 2.32 bits per heavy atom. The van der Waals surface area contributed by atoms with Crippen LogP contribution in [0.15, 0.2) is 42.7 Å². The van der Waals surface area contributed by atoms with E-state index in [-0.39, 0.29) is 5.78 Å². The summed E-state index contributed by atoms with van der Waals surface area (Å²) in [7, 11) is -1.58. The molecule has 0 bridgehead atoms. The highest BCUT2D eigenvalue weighted by molar-refractivity contribution is 6.58. The minimum atomic E-state index is -4.52. The van der Waals surface area contributed by atoms with E-state index in [0.717, 1.165) is 6.07 Å². The molecule has 9 heteroatoms. The van der Waals surface area contributed by atoms with Crippen LogP contribution < -0.4 is 5.46 Å². The van der Waals surface area contributed by atoms with Gasteiger partial charge < -0.3 is 10.0 Å². The van der Waals surface area contributed by atoms with Crippen molar-refractivity contribution in [1.82, 2.24) is 14.4 Å². The fraction of sp³-hybridized carbons (Fsp3) is 0.0769. The van der Waals surface area contributed by atoms with Crippen molar-refractivity contribution in [2.75, 3.05) is 0 Å². The van der Waals surface area contributed by atoms with Crippen molar-refractivity contribution in [1.29, 1.82) is 0 Å². The summed E-state index contributed by atoms with van der Waals surface area (Å²) in [5.74, 6) is -0.0592. The van der Waals surface area contributed by atoms with E-state index in [2.05, 4.69) is 9.97 Å². The molecule has 0 spiro atoms. The van der Waals surface area contributed by atoms with E-state index in [1.807, 2.05) is 0 Å². The summed E-state index contributed by atoms with van der Waals surface area (Å²) < 4.78 is 39.3. The van der Waals surface area contributed by atoms with Crippen molar-refractivity contribution in [2.24, 2.45) is 0 Å². The van der Waals surface area contributed by atoms with Crippen LogP contribution in [0.25, 0.3) is 17.0 Å². The molecule has 0 aliphatic rings. The number of nitrogens with zero attached hydrogens (tertiary/aromatic N) is 3. The van der Waals surface area contributed by atoms with Gasteiger partial charge in [0.25, 0.3) is 0 Å². The van der Waals surface area contributed by atoms with Crippen molar-refractivity contribution < 1.29 is 23.2 Å². The Labute approximate surface area is 122 Å². The molecule has 0 amide bonds. The molecule has 0 unspecified atom stereocenters. The molecule has 2 aromatic heterocycles. The lowest BCUT2D eigenvalue weighted by atomic mass is 9.80. The Balaban J connectivity index is 2.05. The molecule has 0 aliphatic heterocycles. The summed E-state index contributed by atoms with van der Waals surface area (Å²) in [4.78, 5) is 7.37. The number of hydrogen-bond donors (Lipinski definition) is 2. The third-order valence-corrected chi connectivity index (χ3v) is 3.17. The Kier molecular flexibility index (Phi) is 3.38. The topological polar surface area (TPSA) is 70.7 Å². The van der Waals surface area contributed by atoms with Crippen LogP contribution in [0, 0.1) is 0 Å². The van der Waals surface area contributed by atoms with Crippen molar-refractivity contribution in [2.45, 2.75) is 6.18 Å². The molecule has 2 N–H and O–H groups in total. The second-order valence-electron chi connectivity index (χ2n) is 4.62. The highest BCUT2D eigenvalue weighted by Crippen LogP contribution is 2.28. The maximum absolute atomic E-state index is 12.6. The third-order valence-electron chi connectivity index (χ3n) is 3.17. The highest BCUT2D eigenvalue weighted by Gasteiger charge is 2.33. The largest absolute Gasteiger partial charge is 0.488 e. The fourth-order valence-corrected chi connectivity index (χ4v) is 2.07. The summed E-state index contributed by atoms with van der Waals surface area (Å²) in [5.41, 5.74) is 0.527. The number of imidazole rings is 1. The van der Waals surface area contributed by atoms with Gasteiger partial charge in [0, 0.05) is 11.8 Å². The number of halogens is 3. The molecular weight excluding hydrogens is 298 g/mol. The number of benzene rings is 1. The molecular formula is C13H9BF3N3O2. The smallest absolute Gasteiger partial charge is 0.423 e. The van der Waals surface area contributed by atoms with Crippen LogP contribution in [-0.4, -0.2) is 31.5 Å². The summed E-state index contributed by atoms with van der Waals surface area (Å²) >= 11 is 0. The van der Waals surface area contributed by atoms with E-state index >= 15 is 0 Å². The lowest BCUT2D eigenvalue weighted by Crippen LogP contribution is -2.29. The third kappa shape index (κ3) is 2.56. The van der Waals surface area contributed by atoms with Crippen molar-refractivity contribution in [3.8, 4) is 11.3 Å². The molecule has 112 valence electrons. The number of hydrogen-bond acceptors (Lipinski definition) is 4. The van der Waals surface area contributed by atoms with Gasteiger partial charge in [-0.2, -0.15) is 13.2 Å². The second kappa shape index (κ2) is 5.11. The van der Waals surface area contributed by atoms with Gasteiger partial charge in [-0.3, -0.25) is 4.40 Å². The Morgan fingerprint density at radius 1 is 1.05 bits per heavy atom. The number of rotatable bonds is 2. The predicted octanol–water partition coefficient (Wildman–Crippen LogP) is 1.09. The van der Waals surface area contributed by atoms with E-state index in [1.54, 1.807) is 12.1 Å². The van der Waals surface area contributed by atoms with Crippen LogP contribution in [0.5, 0.6) is 0 Å². The first kappa shape index (κ1) is 14.5. The first-order valence-electron chi connectivity index (χ1n) is 6.24. The molecule has 1 aromatic carbocycles. The predicted molar refractivity (Wildman–Crippen MR) is 73.3 cm³/mol. The monoisotopic (exact) mass is 307 g/mol. The average Bonchev–Trinajstić information content (AvgIpc) is 2.89. The lowest BCUT2D eigenvalue weighted by Gasteiger charge is -2.07. The molecule has 5 nitrogen and oxygen atoms in total. The van der Waals surface area contributed by atoms with Crippen molar-refractivity contribution in [3.63, 3.8) is 0 Å². The minimum absolute atomic E-state index is 0.0592. The van der Waals surface area contributed by atoms with Crippen LogP contribution in [0.1, 0.15) is 5.69 Å². The number of fused-ring (bicyclic) bond motifs is 1. The first-order valence-corrected chi connectivity index (χ1v) is 6.24. The number of aromatic nitrogens is 3. The Morgan fingerprint density at radius 2 is 1.73 bits per heavy atom. The van der Waals surface area contributed by atoms with Gasteiger partial charge in [-0.1, -0.05) is 24.3 Å². The van der Waals surface area contributed by atoms with Gasteiger partial charge in [0.1, 0.15) is 5.69 Å². The molecule has 2 heterocycles. The van der Waals surface area contributed by atoms with Crippen LogP contribution in [0.3, 0.4) is 0 Å². The van der Waals surface area contributed by atoms with Crippen molar-refractivity contribution in [3.05, 3.63) is 48.4 Å². The van der Waals surface area contributed by atoms with Gasteiger partial charge in [0.15, 0.2) is 0 Å². The van der Waals surface area contributed by atoms with Crippen molar-refractivity contribution >= 4 is 18.4 Å². The molecule has 3 aromatic rings. The van der Waals surface area contributed by atoms with E-state index in [1.165, 1.54) is 28.9 Å². The fourth-order valence-electron chi connectivity index (χ4n) is 2.07. The zero-order valence-corrected chi connectivity index (χ0v) is 11.0. The second-order valence-corrected chi connectivity index (χ2v) is 4.62. The zero-order valence-electron chi connectivity index (χ0n) is 11.0. The van der Waals surface area contributed by atoms with Gasteiger partial charge in [-0.15, -0.1) is 0 Å². The molecule has 0 aliphatic carbocycles. The van der Waals surface area contributed by atoms with Crippen LogP contribution in [-0.2, 0) is 6.18 Å². The molecule has 22 heavy (non-hydrogen) atoms. The van der Waals surface area contributed by atoms with Gasteiger partial charge in [0.05, 0.1) is 11.9 Å². The highest BCUT2D eigenvalue weighted by atomic mass is 19.4. The van der Waals surface area contributed by atoms with Gasteiger partial charge in [-0.25, -0.2) is 9.97 Å². The van der Waals surface area contributed by atoms with Crippen LogP contribution in [0.4, 0.5) is 13.2 Å². The lowest BCUT2D eigenvalue weighted by molar-refractivity contribution is -0.141. The SMILES string of the molecule is OB(O)c1ccc(-c2cnc3nc(C(F)(F)F)ccn23)cc1. The standard InChI is InChI=1S/C13H9BF3N3O2/c15-13(16,17)11-5-6-20-10(7-18-12(20)19-11)8-1-3-9(4-2-8)14(21)22/h1-7,21-22H.